The molecule has 1 saturated heterocycles. The number of likely N-dealkylation sites (N-methyl/N-ethyl adjacent to an activating group) is 1. The summed E-state index contributed by atoms with van der Waals surface area (Å²) in [6.45, 7) is 19.6. The van der Waals surface area contributed by atoms with Crippen molar-refractivity contribution in [3.63, 3.8) is 0 Å². The molecule has 3 fully saturated rings. The third-order valence-corrected chi connectivity index (χ3v) is 11.4. The summed E-state index contributed by atoms with van der Waals surface area (Å²) in [7, 11) is 2.24. The molecule has 0 bridgehead atoms. The predicted molar refractivity (Wildman–Crippen MR) is 187 cm³/mol. The van der Waals surface area contributed by atoms with Crippen LogP contribution in [0.5, 0.6) is 6.01 Å². The van der Waals surface area contributed by atoms with Crippen molar-refractivity contribution in [3.8, 4) is 6.01 Å². The van der Waals surface area contributed by atoms with E-state index in [1.807, 2.05) is 0 Å². The van der Waals surface area contributed by atoms with Crippen LogP contribution in [-0.4, -0.2) is 90.2 Å². The van der Waals surface area contributed by atoms with Crippen LogP contribution in [0.2, 0.25) is 0 Å². The van der Waals surface area contributed by atoms with Crippen LogP contribution in [-0.2, 0) is 17.8 Å². The molecule has 246 valence electrons. The van der Waals surface area contributed by atoms with Gasteiger partial charge in [-0.1, -0.05) is 36.9 Å². The van der Waals surface area contributed by atoms with Crippen molar-refractivity contribution >= 4 is 28.2 Å². The minimum absolute atomic E-state index is 0.124. The van der Waals surface area contributed by atoms with Crippen LogP contribution in [0.25, 0.3) is 15.6 Å². The molecule has 2 aromatic carbocycles. The molecular formula is C38H47N7O2. The largest absolute Gasteiger partial charge is 0.462 e. The molecular weight excluding hydrogens is 586 g/mol. The maximum Gasteiger partial charge on any atom is 0.318 e. The molecule has 4 aliphatic rings. The Morgan fingerprint density at radius 3 is 2.72 bits per heavy atom. The zero-order valence-electron chi connectivity index (χ0n) is 28.1. The number of carbonyl (C=O) groups excluding carboxylic acids is 1. The number of carbonyl (C=O) groups is 1. The lowest BCUT2D eigenvalue weighted by atomic mass is 9.99. The predicted octanol–water partition coefficient (Wildman–Crippen LogP) is 5.66. The molecule has 47 heavy (non-hydrogen) atoms. The summed E-state index contributed by atoms with van der Waals surface area (Å²) >= 11 is 0. The summed E-state index contributed by atoms with van der Waals surface area (Å²) in [6, 6.07) is 14.1. The summed E-state index contributed by atoms with van der Waals surface area (Å²) in [5, 5.41) is 2.53. The lowest BCUT2D eigenvalue weighted by Gasteiger charge is -2.41. The molecule has 2 aliphatic carbocycles. The van der Waals surface area contributed by atoms with E-state index < -0.39 is 0 Å². The van der Waals surface area contributed by atoms with Gasteiger partial charge >= 0.3 is 6.01 Å². The first kappa shape index (κ1) is 31.4. The van der Waals surface area contributed by atoms with Crippen LogP contribution in [0, 0.1) is 18.9 Å². The van der Waals surface area contributed by atoms with Crippen LogP contribution in [0.1, 0.15) is 55.8 Å². The molecule has 1 aromatic heterocycles. The lowest BCUT2D eigenvalue weighted by molar-refractivity contribution is -0.128. The first-order chi connectivity index (χ1) is 22.8. The molecule has 1 unspecified atom stereocenters. The molecule has 9 nitrogen and oxygen atoms in total. The molecule has 0 radical (unpaired) electrons. The standard InChI is InChI=1S/C38H47N7O2/c1-6-34(46)45-20-19-44(23-30(45)22-39-4)36-31-14-18-43(33-12-8-11-28-10-7-9-26(2)35(28)33)24-32(31)40-37(41-36)47-25-27(3)42(5)29-13-15-38(21-29)16-17-38/h6-12,27,29-30H,1,13-25H2,2-3,5H3/t27-,29?,30-/m0/s1. The number of rotatable bonds is 9. The van der Waals surface area contributed by atoms with Crippen molar-refractivity contribution in [1.29, 1.82) is 0 Å². The molecule has 3 atom stereocenters. The van der Waals surface area contributed by atoms with Crippen molar-refractivity contribution in [3.05, 3.63) is 77.3 Å². The van der Waals surface area contributed by atoms with E-state index in [1.165, 1.54) is 60.2 Å². The third-order valence-electron chi connectivity index (χ3n) is 11.4. The quantitative estimate of drug-likeness (QED) is 0.223. The normalized spacial score (nSPS) is 22.3. The number of piperazine rings is 1. The number of anilines is 2. The van der Waals surface area contributed by atoms with Crippen molar-refractivity contribution in [2.45, 2.75) is 77.0 Å². The smallest absolute Gasteiger partial charge is 0.318 e. The highest BCUT2D eigenvalue weighted by molar-refractivity contribution is 5.97. The van der Waals surface area contributed by atoms with Crippen LogP contribution in [0.15, 0.2) is 49.1 Å². The topological polar surface area (TPSA) is 69.4 Å². The van der Waals surface area contributed by atoms with Gasteiger partial charge in [-0.15, -0.1) is 0 Å². The maximum absolute atomic E-state index is 12.6. The fourth-order valence-electron chi connectivity index (χ4n) is 8.23. The number of aromatic nitrogens is 2. The number of hydrogen-bond acceptors (Lipinski definition) is 7. The fraction of sp³-hybridized carbons (Fsp3) is 0.526. The first-order valence-electron chi connectivity index (χ1n) is 17.3. The van der Waals surface area contributed by atoms with Crippen molar-refractivity contribution in [2.75, 3.05) is 56.2 Å². The minimum atomic E-state index is -0.227. The second-order valence-corrected chi connectivity index (χ2v) is 14.3. The molecule has 9 heteroatoms. The Labute approximate surface area is 279 Å². The monoisotopic (exact) mass is 633 g/mol. The van der Waals surface area contributed by atoms with Gasteiger partial charge in [-0.25, -0.2) is 6.57 Å². The molecule has 3 heterocycles. The van der Waals surface area contributed by atoms with Crippen molar-refractivity contribution in [1.82, 2.24) is 19.8 Å². The van der Waals surface area contributed by atoms with Gasteiger partial charge in [0.1, 0.15) is 18.5 Å². The Bertz CT molecular complexity index is 1710. The Morgan fingerprint density at radius 1 is 1.17 bits per heavy atom. The number of benzene rings is 2. The molecule has 3 aromatic rings. The Morgan fingerprint density at radius 2 is 1.98 bits per heavy atom. The van der Waals surface area contributed by atoms with E-state index in [0.717, 1.165) is 30.0 Å². The van der Waals surface area contributed by atoms with Gasteiger partial charge in [-0.05, 0) is 87.9 Å². The Balaban J connectivity index is 1.17. The molecule has 2 aliphatic heterocycles. The average molecular weight is 634 g/mol. The van der Waals surface area contributed by atoms with Gasteiger partial charge in [0.2, 0.25) is 12.5 Å². The van der Waals surface area contributed by atoms with Crippen molar-refractivity contribution in [2.24, 2.45) is 5.41 Å². The van der Waals surface area contributed by atoms with Crippen LogP contribution >= 0.6 is 0 Å². The fourth-order valence-corrected chi connectivity index (χ4v) is 8.23. The van der Waals surface area contributed by atoms with Gasteiger partial charge < -0.3 is 24.3 Å². The summed E-state index contributed by atoms with van der Waals surface area (Å²) in [5.41, 5.74) is 5.25. The van der Waals surface area contributed by atoms with E-state index in [1.54, 1.807) is 4.90 Å². The zero-order valence-corrected chi connectivity index (χ0v) is 28.1. The highest BCUT2D eigenvalue weighted by Crippen LogP contribution is 2.58. The van der Waals surface area contributed by atoms with E-state index in [-0.39, 0.29) is 24.5 Å². The zero-order chi connectivity index (χ0) is 32.7. The van der Waals surface area contributed by atoms with Crippen LogP contribution in [0.4, 0.5) is 11.5 Å². The number of ether oxygens (including phenoxy) is 1. The highest BCUT2D eigenvalue weighted by atomic mass is 16.5. The minimum Gasteiger partial charge on any atom is -0.462 e. The highest BCUT2D eigenvalue weighted by Gasteiger charge is 2.49. The summed E-state index contributed by atoms with van der Waals surface area (Å²) in [4.78, 5) is 35.4. The molecule has 7 rings (SSSR count). The van der Waals surface area contributed by atoms with Gasteiger partial charge in [0.25, 0.3) is 0 Å². The number of nitrogens with zero attached hydrogens (tertiary/aromatic N) is 7. The second kappa shape index (κ2) is 12.8. The first-order valence-corrected chi connectivity index (χ1v) is 17.3. The van der Waals surface area contributed by atoms with E-state index >= 15 is 0 Å². The molecule has 0 N–H and O–H groups in total. The van der Waals surface area contributed by atoms with E-state index in [9.17, 15) is 4.79 Å². The molecule has 2 saturated carbocycles. The van der Waals surface area contributed by atoms with E-state index in [4.69, 9.17) is 21.3 Å². The summed E-state index contributed by atoms with van der Waals surface area (Å²) < 4.78 is 6.46. The van der Waals surface area contributed by atoms with Gasteiger partial charge in [0, 0.05) is 54.9 Å². The van der Waals surface area contributed by atoms with E-state index in [0.29, 0.717) is 50.3 Å². The Kier molecular flexibility index (Phi) is 8.56. The Hall–Kier alpha value is -4.16. The molecule has 1 spiro atoms. The number of fused-ring (bicyclic) bond motifs is 2. The summed E-state index contributed by atoms with van der Waals surface area (Å²) in [5.74, 6) is 0.757. The average Bonchev–Trinajstić information content (AvgIpc) is 3.73. The van der Waals surface area contributed by atoms with Gasteiger partial charge in [-0.2, -0.15) is 9.97 Å². The van der Waals surface area contributed by atoms with Gasteiger partial charge in [-0.3, -0.25) is 9.69 Å². The number of amides is 1. The van der Waals surface area contributed by atoms with Gasteiger partial charge in [0.15, 0.2) is 0 Å². The van der Waals surface area contributed by atoms with E-state index in [2.05, 4.69) is 83.4 Å². The summed E-state index contributed by atoms with van der Waals surface area (Å²) in [6.07, 6.45) is 8.89. The SMILES string of the molecule is [C-]#[N+]C[C@H]1CN(c2nc(OC[C@H](C)N(C)C3CCC4(CC4)C3)nc3c2CCN(c2cccc4cccc(C)c24)C3)CCN1C(=O)C=C. The maximum atomic E-state index is 12.6. The molecule has 1 amide bonds. The van der Waals surface area contributed by atoms with Gasteiger partial charge in [0.05, 0.1) is 12.2 Å². The number of hydrogen-bond donors (Lipinski definition) is 0. The number of aryl methyl sites for hydroxylation is 1. The van der Waals surface area contributed by atoms with Crippen LogP contribution < -0.4 is 14.5 Å². The third kappa shape index (κ3) is 6.16. The van der Waals surface area contributed by atoms with Crippen LogP contribution in [0.3, 0.4) is 0 Å². The second-order valence-electron chi connectivity index (χ2n) is 14.3. The lowest BCUT2D eigenvalue weighted by Crippen LogP contribution is -2.56. The van der Waals surface area contributed by atoms with Crippen molar-refractivity contribution < 1.29 is 9.53 Å².